The first-order valence-electron chi connectivity index (χ1n) is 9.67. The normalized spacial score (nSPS) is 12.5. The Morgan fingerprint density at radius 3 is 2.63 bits per heavy atom. The van der Waals surface area contributed by atoms with Crippen LogP contribution in [0.4, 0.5) is 5.69 Å². The zero-order chi connectivity index (χ0) is 20.8. The highest BCUT2D eigenvalue weighted by atomic mass is 16.7. The number of ether oxygens (including phenoxy) is 2. The molecule has 6 heteroatoms. The fourth-order valence-corrected chi connectivity index (χ4v) is 3.16. The van der Waals surface area contributed by atoms with E-state index in [0.29, 0.717) is 17.2 Å². The van der Waals surface area contributed by atoms with Gasteiger partial charge >= 0.3 is 0 Å². The molecule has 0 unspecified atom stereocenters. The fourth-order valence-electron chi connectivity index (χ4n) is 3.16. The minimum Gasteiger partial charge on any atom is -0.454 e. The molecule has 1 heterocycles. The number of anilines is 1. The maximum Gasteiger partial charge on any atom is 0.265 e. The summed E-state index contributed by atoms with van der Waals surface area (Å²) in [5.74, 6) is 1.12. The lowest BCUT2D eigenvalue weighted by Gasteiger charge is -2.11. The van der Waals surface area contributed by atoms with Crippen LogP contribution in [0.15, 0.2) is 78.0 Å². The number of nitrogens with one attached hydrogen (secondary N) is 1. The molecule has 1 N–H and O–H groups in total. The van der Waals surface area contributed by atoms with Crippen molar-refractivity contribution in [1.29, 1.82) is 0 Å². The zero-order valence-corrected chi connectivity index (χ0v) is 16.6. The highest BCUT2D eigenvalue weighted by Crippen LogP contribution is 2.32. The Labute approximate surface area is 175 Å². The number of benzene rings is 3. The lowest BCUT2D eigenvalue weighted by molar-refractivity contribution is -0.120. The highest BCUT2D eigenvalue weighted by Gasteiger charge is 2.14. The maximum absolute atomic E-state index is 12.3. The van der Waals surface area contributed by atoms with Crippen molar-refractivity contribution in [2.45, 2.75) is 13.3 Å². The number of amides is 1. The number of carbonyl (C=O) groups excluding carboxylic acids is 1. The number of oxime groups is 1. The van der Waals surface area contributed by atoms with Gasteiger partial charge in [-0.05, 0) is 48.7 Å². The van der Waals surface area contributed by atoms with Crippen LogP contribution in [-0.2, 0) is 16.1 Å². The average molecular weight is 402 g/mol. The summed E-state index contributed by atoms with van der Waals surface area (Å²) in [5, 5.41) is 6.96. The van der Waals surface area contributed by atoms with Gasteiger partial charge < -0.3 is 19.6 Å². The van der Waals surface area contributed by atoms with Crippen LogP contribution in [0.5, 0.6) is 11.5 Å². The summed E-state index contributed by atoms with van der Waals surface area (Å²) in [4.78, 5) is 17.6. The van der Waals surface area contributed by atoms with E-state index < -0.39 is 0 Å². The molecule has 0 aliphatic carbocycles. The smallest absolute Gasteiger partial charge is 0.265 e. The third-order valence-electron chi connectivity index (χ3n) is 4.72. The summed E-state index contributed by atoms with van der Waals surface area (Å²) >= 11 is 0. The number of fused-ring (bicyclic) bond motifs is 1. The standard InChI is InChI=1S/C24H22N2O4/c1-17(19-11-12-22-23(14-19)29-16-28-22)26-30-15-24(27)25-21-10-6-5-9-20(21)13-18-7-3-2-4-8-18/h2-12,14H,13,15-16H2,1H3,(H,25,27)/b26-17+. The summed E-state index contributed by atoms with van der Waals surface area (Å²) < 4.78 is 10.7. The molecule has 30 heavy (non-hydrogen) atoms. The minimum absolute atomic E-state index is 0.179. The largest absolute Gasteiger partial charge is 0.454 e. The number of hydrogen-bond acceptors (Lipinski definition) is 5. The highest BCUT2D eigenvalue weighted by molar-refractivity contribution is 5.99. The molecule has 0 atom stereocenters. The van der Waals surface area contributed by atoms with E-state index >= 15 is 0 Å². The number of hydrogen-bond donors (Lipinski definition) is 1. The summed E-state index contributed by atoms with van der Waals surface area (Å²) in [6.45, 7) is 1.85. The molecule has 0 spiro atoms. The van der Waals surface area contributed by atoms with Gasteiger partial charge in [0.15, 0.2) is 18.1 Å². The van der Waals surface area contributed by atoms with E-state index in [9.17, 15) is 4.79 Å². The summed E-state index contributed by atoms with van der Waals surface area (Å²) in [7, 11) is 0. The number of nitrogens with zero attached hydrogens (tertiary/aromatic N) is 1. The van der Waals surface area contributed by atoms with Gasteiger partial charge in [0.2, 0.25) is 6.79 Å². The molecular formula is C24H22N2O4. The molecule has 3 aromatic carbocycles. The first-order valence-corrected chi connectivity index (χ1v) is 9.67. The van der Waals surface area contributed by atoms with Crippen LogP contribution < -0.4 is 14.8 Å². The molecule has 0 fully saturated rings. The van der Waals surface area contributed by atoms with Crippen molar-refractivity contribution < 1.29 is 19.1 Å². The molecule has 3 aromatic rings. The zero-order valence-electron chi connectivity index (χ0n) is 16.6. The number of carbonyl (C=O) groups is 1. The summed E-state index contributed by atoms with van der Waals surface area (Å²) in [6.07, 6.45) is 0.736. The second-order valence-electron chi connectivity index (χ2n) is 6.89. The van der Waals surface area contributed by atoms with E-state index in [1.54, 1.807) is 0 Å². The molecule has 0 saturated heterocycles. The molecule has 1 aliphatic rings. The maximum atomic E-state index is 12.3. The van der Waals surface area contributed by atoms with E-state index in [1.807, 2.05) is 67.6 Å². The Morgan fingerprint density at radius 2 is 1.77 bits per heavy atom. The van der Waals surface area contributed by atoms with Crippen LogP contribution >= 0.6 is 0 Å². The van der Waals surface area contributed by atoms with Gasteiger partial charge in [0.05, 0.1) is 5.71 Å². The molecule has 0 bridgehead atoms. The summed E-state index contributed by atoms with van der Waals surface area (Å²) in [5.41, 5.74) is 4.47. The SMILES string of the molecule is C/C(=N\OCC(=O)Nc1ccccc1Cc1ccccc1)c1ccc2c(c1)OCO2. The molecule has 0 aromatic heterocycles. The van der Waals surface area contributed by atoms with Crippen molar-refractivity contribution in [3.8, 4) is 11.5 Å². The number of para-hydroxylation sites is 1. The Morgan fingerprint density at radius 1 is 1.00 bits per heavy atom. The van der Waals surface area contributed by atoms with Gasteiger partial charge in [-0.25, -0.2) is 0 Å². The Kier molecular flexibility index (Phi) is 5.94. The molecule has 0 radical (unpaired) electrons. The number of rotatable bonds is 7. The minimum atomic E-state index is -0.266. The average Bonchev–Trinajstić information content (AvgIpc) is 3.24. The molecule has 152 valence electrons. The lowest BCUT2D eigenvalue weighted by atomic mass is 10.0. The van der Waals surface area contributed by atoms with E-state index in [1.165, 1.54) is 5.56 Å². The predicted molar refractivity (Wildman–Crippen MR) is 115 cm³/mol. The molecular weight excluding hydrogens is 380 g/mol. The van der Waals surface area contributed by atoms with Crippen LogP contribution in [0.3, 0.4) is 0 Å². The Balaban J connectivity index is 1.34. The van der Waals surface area contributed by atoms with Gasteiger partial charge in [0.1, 0.15) is 0 Å². The first kappa shape index (κ1) is 19.5. The van der Waals surface area contributed by atoms with Gasteiger partial charge in [-0.15, -0.1) is 0 Å². The van der Waals surface area contributed by atoms with E-state index in [4.69, 9.17) is 14.3 Å². The van der Waals surface area contributed by atoms with E-state index in [2.05, 4.69) is 22.6 Å². The van der Waals surface area contributed by atoms with Gasteiger partial charge in [-0.1, -0.05) is 53.7 Å². The van der Waals surface area contributed by atoms with Gasteiger partial charge in [-0.3, -0.25) is 4.79 Å². The molecule has 4 rings (SSSR count). The fraction of sp³-hybridized carbons (Fsp3) is 0.167. The Hall–Kier alpha value is -3.80. The van der Waals surface area contributed by atoms with Gasteiger partial charge in [0, 0.05) is 11.3 Å². The van der Waals surface area contributed by atoms with Crippen LogP contribution in [0.1, 0.15) is 23.6 Å². The first-order chi connectivity index (χ1) is 14.7. The third-order valence-corrected chi connectivity index (χ3v) is 4.72. The van der Waals surface area contributed by atoms with Crippen LogP contribution in [-0.4, -0.2) is 25.0 Å². The van der Waals surface area contributed by atoms with E-state index in [0.717, 1.165) is 23.2 Å². The third kappa shape index (κ3) is 4.78. The lowest BCUT2D eigenvalue weighted by Crippen LogP contribution is -2.18. The van der Waals surface area contributed by atoms with Gasteiger partial charge in [-0.2, -0.15) is 0 Å². The van der Waals surface area contributed by atoms with E-state index in [-0.39, 0.29) is 19.3 Å². The van der Waals surface area contributed by atoms with Crippen molar-refractivity contribution in [3.63, 3.8) is 0 Å². The molecule has 1 aliphatic heterocycles. The van der Waals surface area contributed by atoms with Crippen molar-refractivity contribution >= 4 is 17.3 Å². The van der Waals surface area contributed by atoms with Gasteiger partial charge in [0.25, 0.3) is 5.91 Å². The van der Waals surface area contributed by atoms with Crippen LogP contribution in [0.2, 0.25) is 0 Å². The molecule has 1 amide bonds. The van der Waals surface area contributed by atoms with Crippen molar-refractivity contribution in [1.82, 2.24) is 0 Å². The monoisotopic (exact) mass is 402 g/mol. The van der Waals surface area contributed by atoms with Crippen LogP contribution in [0.25, 0.3) is 0 Å². The van der Waals surface area contributed by atoms with Crippen molar-refractivity contribution in [3.05, 3.63) is 89.5 Å². The van der Waals surface area contributed by atoms with Crippen molar-refractivity contribution in [2.75, 3.05) is 18.7 Å². The predicted octanol–water partition coefficient (Wildman–Crippen LogP) is 4.39. The second kappa shape index (κ2) is 9.13. The quantitative estimate of drug-likeness (QED) is 0.470. The van der Waals surface area contributed by atoms with Crippen LogP contribution in [0, 0.1) is 0 Å². The topological polar surface area (TPSA) is 69.2 Å². The molecule has 6 nitrogen and oxygen atoms in total. The molecule has 0 saturated carbocycles. The Bertz CT molecular complexity index is 1060. The van der Waals surface area contributed by atoms with Crippen molar-refractivity contribution in [2.24, 2.45) is 5.16 Å². The summed E-state index contributed by atoms with van der Waals surface area (Å²) in [6, 6.07) is 23.4. The second-order valence-corrected chi connectivity index (χ2v) is 6.89.